The summed E-state index contributed by atoms with van der Waals surface area (Å²) in [7, 11) is 0. The van der Waals surface area contributed by atoms with Crippen molar-refractivity contribution in [3.05, 3.63) is 53.3 Å². The van der Waals surface area contributed by atoms with Gasteiger partial charge in [0.05, 0.1) is 18.1 Å². The molecule has 10 heteroatoms. The molecule has 1 atom stereocenters. The standard InChI is InChI=1S/C22H24F3N3O4/c1-13-11-28(20(30)32-21(2,3)4)12-15-7-14(5-6-18(13)15)19(29)27-16-8-17(10-26-9-16)31-22(23,24)25/h5-10,13H,11-12H2,1-4H3,(H,27,29)/t13-/m0/s1. The minimum atomic E-state index is -4.86. The maximum atomic E-state index is 12.7. The van der Waals surface area contributed by atoms with Crippen molar-refractivity contribution >= 4 is 17.7 Å². The minimum absolute atomic E-state index is 0.0452. The molecule has 1 aliphatic heterocycles. The summed E-state index contributed by atoms with van der Waals surface area (Å²) < 4.78 is 46.5. The van der Waals surface area contributed by atoms with Gasteiger partial charge in [-0.3, -0.25) is 9.78 Å². The van der Waals surface area contributed by atoms with Gasteiger partial charge >= 0.3 is 12.5 Å². The molecular formula is C22H24F3N3O4. The number of ether oxygens (including phenoxy) is 2. The van der Waals surface area contributed by atoms with Crippen molar-refractivity contribution in [2.24, 2.45) is 0 Å². The summed E-state index contributed by atoms with van der Waals surface area (Å²) in [5, 5.41) is 2.51. The number of carbonyl (C=O) groups excluding carboxylic acids is 2. The average molecular weight is 451 g/mol. The lowest BCUT2D eigenvalue weighted by molar-refractivity contribution is -0.274. The third kappa shape index (κ3) is 6.12. The Morgan fingerprint density at radius 2 is 1.88 bits per heavy atom. The molecule has 0 radical (unpaired) electrons. The van der Waals surface area contributed by atoms with Crippen LogP contribution >= 0.6 is 0 Å². The van der Waals surface area contributed by atoms with Crippen LogP contribution in [0.15, 0.2) is 36.7 Å². The zero-order valence-electron chi connectivity index (χ0n) is 18.1. The number of amides is 2. The first-order chi connectivity index (χ1) is 14.8. The van der Waals surface area contributed by atoms with E-state index in [1.807, 2.05) is 13.0 Å². The third-order valence-electron chi connectivity index (χ3n) is 4.65. The highest BCUT2D eigenvalue weighted by molar-refractivity contribution is 6.04. The van der Waals surface area contributed by atoms with Crippen LogP contribution in [0.5, 0.6) is 5.75 Å². The van der Waals surface area contributed by atoms with Gasteiger partial charge in [-0.1, -0.05) is 13.0 Å². The topological polar surface area (TPSA) is 80.8 Å². The van der Waals surface area contributed by atoms with Crippen LogP contribution < -0.4 is 10.1 Å². The number of alkyl halides is 3. The number of aromatic nitrogens is 1. The van der Waals surface area contributed by atoms with Gasteiger partial charge in [0.15, 0.2) is 0 Å². The minimum Gasteiger partial charge on any atom is -0.444 e. The molecule has 0 aliphatic carbocycles. The maximum absolute atomic E-state index is 12.7. The predicted molar refractivity (Wildman–Crippen MR) is 110 cm³/mol. The number of hydrogen-bond donors (Lipinski definition) is 1. The molecule has 32 heavy (non-hydrogen) atoms. The first-order valence-electron chi connectivity index (χ1n) is 9.93. The van der Waals surface area contributed by atoms with E-state index in [4.69, 9.17) is 4.74 Å². The van der Waals surface area contributed by atoms with Gasteiger partial charge in [0.2, 0.25) is 0 Å². The lowest BCUT2D eigenvalue weighted by atomic mass is 9.90. The van der Waals surface area contributed by atoms with Gasteiger partial charge in [-0.15, -0.1) is 13.2 Å². The van der Waals surface area contributed by atoms with E-state index in [-0.39, 0.29) is 18.2 Å². The molecule has 1 aromatic carbocycles. The molecule has 0 bridgehead atoms. The van der Waals surface area contributed by atoms with Crippen molar-refractivity contribution in [2.45, 2.75) is 52.1 Å². The van der Waals surface area contributed by atoms with E-state index in [9.17, 15) is 22.8 Å². The number of pyridine rings is 1. The summed E-state index contributed by atoms with van der Waals surface area (Å²) in [6.07, 6.45) is -3.18. The van der Waals surface area contributed by atoms with Gasteiger partial charge in [0.25, 0.3) is 5.91 Å². The second-order valence-electron chi connectivity index (χ2n) is 8.59. The number of benzene rings is 1. The highest BCUT2D eigenvalue weighted by Crippen LogP contribution is 2.30. The second kappa shape index (κ2) is 8.68. The number of rotatable bonds is 3. The maximum Gasteiger partial charge on any atom is 0.573 e. The van der Waals surface area contributed by atoms with Crippen LogP contribution in [-0.2, 0) is 11.3 Å². The fraction of sp³-hybridized carbons (Fsp3) is 0.409. The molecule has 2 amide bonds. The summed E-state index contributed by atoms with van der Waals surface area (Å²) in [5.41, 5.74) is 1.54. The molecule has 0 spiro atoms. The summed E-state index contributed by atoms with van der Waals surface area (Å²) in [5.74, 6) is -1.02. The number of anilines is 1. The Kier molecular flexibility index (Phi) is 6.34. The highest BCUT2D eigenvalue weighted by atomic mass is 19.4. The van der Waals surface area contributed by atoms with Gasteiger partial charge in [-0.25, -0.2) is 4.79 Å². The molecule has 0 saturated heterocycles. The molecule has 7 nitrogen and oxygen atoms in total. The molecule has 0 fully saturated rings. The van der Waals surface area contributed by atoms with Gasteiger partial charge in [0.1, 0.15) is 11.4 Å². The summed E-state index contributed by atoms with van der Waals surface area (Å²) in [6, 6.07) is 6.16. The van der Waals surface area contributed by atoms with Crippen LogP contribution in [0.3, 0.4) is 0 Å². The Labute approximate surface area is 183 Å². The first kappa shape index (κ1) is 23.4. The van der Waals surface area contributed by atoms with Crippen LogP contribution in [-0.4, -0.2) is 40.4 Å². The molecule has 0 unspecified atom stereocenters. The van der Waals surface area contributed by atoms with E-state index < -0.39 is 29.7 Å². The van der Waals surface area contributed by atoms with E-state index >= 15 is 0 Å². The van der Waals surface area contributed by atoms with Crippen LogP contribution in [0.2, 0.25) is 0 Å². The molecule has 2 heterocycles. The number of nitrogens with zero attached hydrogens (tertiary/aromatic N) is 2. The number of nitrogens with one attached hydrogen (secondary N) is 1. The SMILES string of the molecule is C[C@H]1CN(C(=O)OC(C)(C)C)Cc2cc(C(=O)Nc3cncc(OC(F)(F)F)c3)ccc21. The Morgan fingerprint density at radius 1 is 1.16 bits per heavy atom. The largest absolute Gasteiger partial charge is 0.573 e. The van der Waals surface area contributed by atoms with E-state index in [1.165, 1.54) is 6.20 Å². The zero-order valence-corrected chi connectivity index (χ0v) is 18.1. The fourth-order valence-corrected chi connectivity index (χ4v) is 3.41. The Bertz CT molecular complexity index is 1020. The van der Waals surface area contributed by atoms with Gasteiger partial charge in [-0.2, -0.15) is 0 Å². The van der Waals surface area contributed by atoms with E-state index in [2.05, 4.69) is 15.0 Å². The zero-order chi connectivity index (χ0) is 23.7. The highest BCUT2D eigenvalue weighted by Gasteiger charge is 2.32. The van der Waals surface area contributed by atoms with Crippen molar-refractivity contribution < 1.29 is 32.2 Å². The first-order valence-corrected chi connectivity index (χ1v) is 9.93. The molecule has 0 saturated carbocycles. The number of halogens is 3. The van der Waals surface area contributed by atoms with Crippen LogP contribution in [0.25, 0.3) is 0 Å². The van der Waals surface area contributed by atoms with E-state index in [1.54, 1.807) is 37.8 Å². The van der Waals surface area contributed by atoms with Crippen molar-refractivity contribution in [1.29, 1.82) is 0 Å². The summed E-state index contributed by atoms with van der Waals surface area (Å²) in [6.45, 7) is 8.12. The van der Waals surface area contributed by atoms with Crippen LogP contribution in [0.1, 0.15) is 55.1 Å². The van der Waals surface area contributed by atoms with Crippen molar-refractivity contribution in [3.8, 4) is 5.75 Å². The summed E-state index contributed by atoms with van der Waals surface area (Å²) >= 11 is 0. The second-order valence-corrected chi connectivity index (χ2v) is 8.59. The molecule has 172 valence electrons. The molecule has 1 aromatic heterocycles. The molecule has 1 aliphatic rings. The molecular weight excluding hydrogens is 427 g/mol. The van der Waals surface area contributed by atoms with E-state index in [0.29, 0.717) is 12.1 Å². The Balaban J connectivity index is 1.76. The van der Waals surface area contributed by atoms with Crippen LogP contribution in [0.4, 0.5) is 23.7 Å². The third-order valence-corrected chi connectivity index (χ3v) is 4.65. The van der Waals surface area contributed by atoms with Gasteiger partial charge in [-0.05, 0) is 49.9 Å². The van der Waals surface area contributed by atoms with Crippen molar-refractivity contribution in [1.82, 2.24) is 9.88 Å². The molecule has 3 rings (SSSR count). The van der Waals surface area contributed by atoms with Gasteiger partial charge in [0, 0.05) is 24.7 Å². The Morgan fingerprint density at radius 3 is 2.53 bits per heavy atom. The molecule has 2 aromatic rings. The normalized spacial score (nSPS) is 16.2. The monoisotopic (exact) mass is 451 g/mol. The van der Waals surface area contributed by atoms with Crippen LogP contribution in [0, 0.1) is 0 Å². The average Bonchev–Trinajstić information content (AvgIpc) is 2.65. The lowest BCUT2D eigenvalue weighted by Crippen LogP contribution is -2.41. The number of fused-ring (bicyclic) bond motifs is 1. The number of hydrogen-bond acceptors (Lipinski definition) is 5. The molecule has 1 N–H and O–H groups in total. The smallest absolute Gasteiger partial charge is 0.444 e. The quantitative estimate of drug-likeness (QED) is 0.703. The fourth-order valence-electron chi connectivity index (χ4n) is 3.41. The number of carbonyl (C=O) groups is 2. The van der Waals surface area contributed by atoms with Crippen molar-refractivity contribution in [3.63, 3.8) is 0 Å². The lowest BCUT2D eigenvalue weighted by Gasteiger charge is -2.34. The Hall–Kier alpha value is -3.30. The van der Waals surface area contributed by atoms with E-state index in [0.717, 1.165) is 23.4 Å². The van der Waals surface area contributed by atoms with Gasteiger partial charge < -0.3 is 19.7 Å². The summed E-state index contributed by atoms with van der Waals surface area (Å²) in [4.78, 5) is 30.4. The van der Waals surface area contributed by atoms with Crippen molar-refractivity contribution in [2.75, 3.05) is 11.9 Å². The predicted octanol–water partition coefficient (Wildman–Crippen LogP) is 5.09.